The van der Waals surface area contributed by atoms with Gasteiger partial charge in [-0.1, -0.05) is 109 Å². The second-order valence-corrected chi connectivity index (χ2v) is 11.6. The summed E-state index contributed by atoms with van der Waals surface area (Å²) >= 11 is 0. The summed E-state index contributed by atoms with van der Waals surface area (Å²) in [4.78, 5) is 7.22. The molecule has 0 fully saturated rings. The van der Waals surface area contributed by atoms with Crippen LogP contribution >= 0.6 is 0 Å². The standard InChI is InChI=1S/C43H28N2O2/c1-5-14-29(15-6-1)32-24-25-37(34(26-32)30-16-7-2-8-17-30)45(33-20-11-4-12-21-33)38-22-13-23-39-42(38)35-27-36-41(28-40(35)46-39)47-43(44-36)31-18-9-3-10-19-31/h1-28H. The molecule has 0 saturated carbocycles. The van der Waals surface area contributed by atoms with Gasteiger partial charge in [0, 0.05) is 28.3 Å². The summed E-state index contributed by atoms with van der Waals surface area (Å²) < 4.78 is 12.7. The van der Waals surface area contributed by atoms with Crippen molar-refractivity contribution in [3.05, 3.63) is 170 Å². The van der Waals surface area contributed by atoms with Crippen LogP contribution in [0.5, 0.6) is 0 Å². The maximum absolute atomic E-state index is 6.52. The molecule has 0 radical (unpaired) electrons. The Bertz CT molecular complexity index is 2500. The van der Waals surface area contributed by atoms with Gasteiger partial charge < -0.3 is 13.7 Å². The van der Waals surface area contributed by atoms with Gasteiger partial charge in [-0.25, -0.2) is 4.98 Å². The van der Waals surface area contributed by atoms with Crippen LogP contribution in [0.25, 0.3) is 66.7 Å². The molecule has 0 bridgehead atoms. The van der Waals surface area contributed by atoms with Crippen LogP contribution in [0.2, 0.25) is 0 Å². The first-order chi connectivity index (χ1) is 23.3. The number of furan rings is 1. The third-order valence-electron chi connectivity index (χ3n) is 8.69. The van der Waals surface area contributed by atoms with E-state index >= 15 is 0 Å². The fraction of sp³-hybridized carbons (Fsp3) is 0. The molecule has 4 nitrogen and oxygen atoms in total. The van der Waals surface area contributed by atoms with E-state index in [1.807, 2.05) is 42.5 Å². The highest BCUT2D eigenvalue weighted by Crippen LogP contribution is 2.47. The highest BCUT2D eigenvalue weighted by atomic mass is 16.4. The summed E-state index contributed by atoms with van der Waals surface area (Å²) in [6, 6.07) is 58.7. The predicted molar refractivity (Wildman–Crippen MR) is 192 cm³/mol. The SMILES string of the molecule is c1ccc(-c2ccc(N(c3ccccc3)c3cccc4oc5cc6oc(-c7ccccc7)nc6cc5c34)c(-c3ccccc3)c2)cc1. The summed E-state index contributed by atoms with van der Waals surface area (Å²) in [6.07, 6.45) is 0. The molecule has 0 saturated heterocycles. The van der Waals surface area contributed by atoms with E-state index in [4.69, 9.17) is 13.8 Å². The van der Waals surface area contributed by atoms with Crippen molar-refractivity contribution in [1.82, 2.24) is 4.98 Å². The maximum Gasteiger partial charge on any atom is 0.227 e. The number of anilines is 3. The third-order valence-corrected chi connectivity index (χ3v) is 8.69. The lowest BCUT2D eigenvalue weighted by Crippen LogP contribution is -2.11. The van der Waals surface area contributed by atoms with Crippen LogP contribution in [0.15, 0.2) is 179 Å². The minimum atomic E-state index is 0.592. The Balaban J connectivity index is 1.30. The first kappa shape index (κ1) is 27.0. The molecule has 2 heterocycles. The van der Waals surface area contributed by atoms with E-state index in [2.05, 4.69) is 132 Å². The molecule has 0 aliphatic rings. The average molecular weight is 605 g/mol. The van der Waals surface area contributed by atoms with Crippen molar-refractivity contribution in [2.24, 2.45) is 0 Å². The van der Waals surface area contributed by atoms with E-state index in [0.717, 1.165) is 66.8 Å². The summed E-state index contributed by atoms with van der Waals surface area (Å²) in [5.74, 6) is 0.592. The van der Waals surface area contributed by atoms with Crippen molar-refractivity contribution in [3.8, 4) is 33.7 Å². The monoisotopic (exact) mass is 604 g/mol. The molecular weight excluding hydrogens is 576 g/mol. The van der Waals surface area contributed by atoms with Crippen molar-refractivity contribution >= 4 is 50.1 Å². The van der Waals surface area contributed by atoms with Gasteiger partial charge in [-0.15, -0.1) is 0 Å². The minimum absolute atomic E-state index is 0.592. The zero-order chi connectivity index (χ0) is 31.2. The van der Waals surface area contributed by atoms with Crippen molar-refractivity contribution in [2.75, 3.05) is 4.90 Å². The van der Waals surface area contributed by atoms with Crippen molar-refractivity contribution in [3.63, 3.8) is 0 Å². The number of fused-ring (bicyclic) bond motifs is 4. The Morgan fingerprint density at radius 2 is 1.09 bits per heavy atom. The lowest BCUT2D eigenvalue weighted by Gasteiger charge is -2.29. The lowest BCUT2D eigenvalue weighted by molar-refractivity contribution is 0.617. The van der Waals surface area contributed by atoms with Gasteiger partial charge >= 0.3 is 0 Å². The van der Waals surface area contributed by atoms with Gasteiger partial charge in [0.15, 0.2) is 5.58 Å². The normalized spacial score (nSPS) is 11.4. The number of oxazole rings is 1. The molecular formula is C43H28N2O2. The van der Waals surface area contributed by atoms with E-state index < -0.39 is 0 Å². The molecule has 0 aliphatic heterocycles. The summed E-state index contributed by atoms with van der Waals surface area (Å²) in [5.41, 5.74) is 11.7. The molecule has 9 aromatic rings. The van der Waals surface area contributed by atoms with E-state index in [0.29, 0.717) is 11.5 Å². The number of aromatic nitrogens is 1. The van der Waals surface area contributed by atoms with Crippen LogP contribution in [0, 0.1) is 0 Å². The topological polar surface area (TPSA) is 42.4 Å². The van der Waals surface area contributed by atoms with Crippen molar-refractivity contribution in [2.45, 2.75) is 0 Å². The van der Waals surface area contributed by atoms with E-state index in [9.17, 15) is 0 Å². The molecule has 7 aromatic carbocycles. The largest absolute Gasteiger partial charge is 0.456 e. The molecule has 0 aliphatic carbocycles. The number of para-hydroxylation sites is 1. The Labute approximate surface area is 271 Å². The fourth-order valence-electron chi connectivity index (χ4n) is 6.49. The van der Waals surface area contributed by atoms with Gasteiger partial charge in [0.1, 0.15) is 16.7 Å². The van der Waals surface area contributed by atoms with E-state index in [1.165, 1.54) is 5.56 Å². The van der Waals surface area contributed by atoms with Crippen LogP contribution in [-0.2, 0) is 0 Å². The summed E-state index contributed by atoms with van der Waals surface area (Å²) in [7, 11) is 0. The molecule has 0 unspecified atom stereocenters. The van der Waals surface area contributed by atoms with Crippen LogP contribution in [0.3, 0.4) is 0 Å². The van der Waals surface area contributed by atoms with Crippen LogP contribution in [0.4, 0.5) is 17.1 Å². The fourth-order valence-corrected chi connectivity index (χ4v) is 6.49. The zero-order valence-corrected chi connectivity index (χ0v) is 25.4. The quantitative estimate of drug-likeness (QED) is 0.189. The van der Waals surface area contributed by atoms with Crippen LogP contribution in [-0.4, -0.2) is 4.98 Å². The van der Waals surface area contributed by atoms with Gasteiger partial charge in [0.2, 0.25) is 5.89 Å². The first-order valence-corrected chi connectivity index (χ1v) is 15.7. The molecule has 0 amide bonds. The van der Waals surface area contributed by atoms with Gasteiger partial charge in [-0.05, 0) is 71.3 Å². The van der Waals surface area contributed by atoms with Crippen molar-refractivity contribution < 1.29 is 8.83 Å². The molecule has 0 spiro atoms. The molecule has 9 rings (SSSR count). The molecule has 222 valence electrons. The highest BCUT2D eigenvalue weighted by Gasteiger charge is 2.23. The summed E-state index contributed by atoms with van der Waals surface area (Å²) in [5, 5.41) is 2.00. The number of hydrogen-bond donors (Lipinski definition) is 0. The van der Waals surface area contributed by atoms with E-state index in [1.54, 1.807) is 0 Å². The molecule has 2 aromatic heterocycles. The Kier molecular flexibility index (Phi) is 6.43. The molecule has 4 heteroatoms. The zero-order valence-electron chi connectivity index (χ0n) is 25.4. The van der Waals surface area contributed by atoms with Gasteiger partial charge in [0.05, 0.1) is 16.8 Å². The predicted octanol–water partition coefficient (Wildman–Crippen LogP) is 12.2. The van der Waals surface area contributed by atoms with Gasteiger partial charge in [-0.3, -0.25) is 0 Å². The Morgan fingerprint density at radius 3 is 1.81 bits per heavy atom. The van der Waals surface area contributed by atoms with Crippen molar-refractivity contribution in [1.29, 1.82) is 0 Å². The smallest absolute Gasteiger partial charge is 0.227 e. The Hall–Kier alpha value is -6.39. The number of rotatable bonds is 6. The second kappa shape index (κ2) is 11.2. The third kappa shape index (κ3) is 4.75. The average Bonchev–Trinajstić information content (AvgIpc) is 3.73. The van der Waals surface area contributed by atoms with Gasteiger partial charge in [-0.2, -0.15) is 0 Å². The molecule has 0 atom stereocenters. The second-order valence-electron chi connectivity index (χ2n) is 11.6. The number of benzene rings is 7. The van der Waals surface area contributed by atoms with Crippen LogP contribution < -0.4 is 4.90 Å². The summed E-state index contributed by atoms with van der Waals surface area (Å²) in [6.45, 7) is 0. The van der Waals surface area contributed by atoms with E-state index in [-0.39, 0.29) is 0 Å². The highest BCUT2D eigenvalue weighted by molar-refractivity contribution is 6.16. The minimum Gasteiger partial charge on any atom is -0.456 e. The Morgan fingerprint density at radius 1 is 0.426 bits per heavy atom. The molecule has 0 N–H and O–H groups in total. The molecule has 47 heavy (non-hydrogen) atoms. The lowest BCUT2D eigenvalue weighted by atomic mass is 9.96. The number of nitrogens with zero attached hydrogens (tertiary/aromatic N) is 2. The number of hydrogen-bond acceptors (Lipinski definition) is 4. The first-order valence-electron chi connectivity index (χ1n) is 15.7. The maximum atomic E-state index is 6.52. The van der Waals surface area contributed by atoms with Crippen LogP contribution in [0.1, 0.15) is 0 Å². The van der Waals surface area contributed by atoms with Gasteiger partial charge in [0.25, 0.3) is 0 Å².